The Morgan fingerprint density at radius 1 is 1.47 bits per heavy atom. The molecule has 1 aliphatic carbocycles. The van der Waals surface area contributed by atoms with Crippen molar-refractivity contribution in [2.24, 2.45) is 13.0 Å². The summed E-state index contributed by atoms with van der Waals surface area (Å²) < 4.78 is 1.91. The van der Waals surface area contributed by atoms with E-state index < -0.39 is 0 Å². The minimum atomic E-state index is 0.323. The molecule has 0 amide bonds. The fourth-order valence-corrected chi connectivity index (χ4v) is 3.37. The first-order valence-corrected chi connectivity index (χ1v) is 7.59. The van der Waals surface area contributed by atoms with Gasteiger partial charge in [-0.2, -0.15) is 5.10 Å². The topological polar surface area (TPSA) is 33.1 Å². The van der Waals surface area contributed by atoms with Gasteiger partial charge in [-0.3, -0.25) is 9.58 Å². The average Bonchev–Trinajstić information content (AvgIpc) is 3.17. The predicted molar refractivity (Wildman–Crippen MR) is 76.8 cm³/mol. The van der Waals surface area contributed by atoms with Crippen LogP contribution < -0.4 is 5.32 Å². The normalized spacial score (nSPS) is 32.7. The highest BCUT2D eigenvalue weighted by molar-refractivity contribution is 5.08. The van der Waals surface area contributed by atoms with Crippen LogP contribution in [0.4, 0.5) is 0 Å². The van der Waals surface area contributed by atoms with Crippen molar-refractivity contribution in [1.29, 1.82) is 0 Å². The summed E-state index contributed by atoms with van der Waals surface area (Å²) in [4.78, 5) is 2.68. The number of nitrogens with one attached hydrogen (secondary N) is 1. The molecule has 106 valence electrons. The SMILES string of the molecule is CCC1CN(Cc2ccn(C)n2)C(C)(C2CC2)CN1. The van der Waals surface area contributed by atoms with E-state index in [0.717, 1.165) is 25.6 Å². The second kappa shape index (κ2) is 4.91. The molecule has 1 saturated carbocycles. The van der Waals surface area contributed by atoms with Crippen molar-refractivity contribution < 1.29 is 0 Å². The summed E-state index contributed by atoms with van der Waals surface area (Å²) in [6.07, 6.45) is 6.05. The first kappa shape index (κ1) is 13.1. The number of hydrogen-bond donors (Lipinski definition) is 1. The minimum Gasteiger partial charge on any atom is -0.311 e. The van der Waals surface area contributed by atoms with E-state index in [-0.39, 0.29) is 0 Å². The Bertz CT molecular complexity index is 437. The van der Waals surface area contributed by atoms with Gasteiger partial charge in [-0.1, -0.05) is 6.92 Å². The maximum Gasteiger partial charge on any atom is 0.0764 e. The zero-order valence-electron chi connectivity index (χ0n) is 12.4. The molecule has 19 heavy (non-hydrogen) atoms. The number of hydrogen-bond acceptors (Lipinski definition) is 3. The molecule has 2 fully saturated rings. The van der Waals surface area contributed by atoms with E-state index in [2.05, 4.69) is 35.2 Å². The van der Waals surface area contributed by atoms with Crippen LogP contribution in [0.2, 0.25) is 0 Å². The number of nitrogens with zero attached hydrogens (tertiary/aromatic N) is 3. The predicted octanol–water partition coefficient (Wildman–Crippen LogP) is 1.77. The van der Waals surface area contributed by atoms with Gasteiger partial charge < -0.3 is 5.32 Å². The van der Waals surface area contributed by atoms with Crippen LogP contribution in [0.1, 0.15) is 38.8 Å². The Morgan fingerprint density at radius 2 is 2.26 bits per heavy atom. The van der Waals surface area contributed by atoms with E-state index in [0.29, 0.717) is 11.6 Å². The first-order valence-electron chi connectivity index (χ1n) is 7.59. The highest BCUT2D eigenvalue weighted by Gasteiger charge is 2.48. The van der Waals surface area contributed by atoms with E-state index in [9.17, 15) is 0 Å². The van der Waals surface area contributed by atoms with Gasteiger partial charge in [-0.15, -0.1) is 0 Å². The molecular formula is C15H26N4. The highest BCUT2D eigenvalue weighted by atomic mass is 15.3. The van der Waals surface area contributed by atoms with Gasteiger partial charge in [-0.25, -0.2) is 0 Å². The van der Waals surface area contributed by atoms with Crippen molar-refractivity contribution in [2.45, 2.75) is 51.2 Å². The summed E-state index contributed by atoms with van der Waals surface area (Å²) >= 11 is 0. The van der Waals surface area contributed by atoms with Crippen molar-refractivity contribution >= 4 is 0 Å². The first-order chi connectivity index (χ1) is 9.11. The molecule has 2 heterocycles. The van der Waals surface area contributed by atoms with Gasteiger partial charge in [0.15, 0.2) is 0 Å². The van der Waals surface area contributed by atoms with Crippen molar-refractivity contribution in [2.75, 3.05) is 13.1 Å². The van der Waals surface area contributed by atoms with Crippen LogP contribution in [-0.4, -0.2) is 39.4 Å². The monoisotopic (exact) mass is 262 g/mol. The number of piperazine rings is 1. The Kier molecular flexibility index (Phi) is 3.39. The molecule has 1 aromatic rings. The van der Waals surface area contributed by atoms with Gasteiger partial charge >= 0.3 is 0 Å². The highest BCUT2D eigenvalue weighted by Crippen LogP contribution is 2.44. The summed E-state index contributed by atoms with van der Waals surface area (Å²) in [7, 11) is 2.00. The van der Waals surface area contributed by atoms with Crippen molar-refractivity contribution in [3.63, 3.8) is 0 Å². The van der Waals surface area contributed by atoms with Crippen LogP contribution >= 0.6 is 0 Å². The summed E-state index contributed by atoms with van der Waals surface area (Å²) in [5.41, 5.74) is 1.52. The standard InChI is InChI=1S/C15H26N4/c1-4-13-9-19(10-14-7-8-18(3)17-14)15(2,11-16-13)12-5-6-12/h7-8,12-13,16H,4-6,9-11H2,1-3H3. The molecular weight excluding hydrogens is 236 g/mol. The quantitative estimate of drug-likeness (QED) is 0.898. The van der Waals surface area contributed by atoms with Crippen molar-refractivity contribution in [3.05, 3.63) is 18.0 Å². The van der Waals surface area contributed by atoms with E-state index in [1.807, 2.05) is 17.9 Å². The molecule has 3 rings (SSSR count). The van der Waals surface area contributed by atoms with Gasteiger partial charge in [0.2, 0.25) is 0 Å². The lowest BCUT2D eigenvalue weighted by molar-refractivity contribution is 0.0259. The molecule has 1 N–H and O–H groups in total. The van der Waals surface area contributed by atoms with Crippen LogP contribution in [0.5, 0.6) is 0 Å². The van der Waals surface area contributed by atoms with E-state index >= 15 is 0 Å². The Morgan fingerprint density at radius 3 is 2.84 bits per heavy atom. The average molecular weight is 262 g/mol. The summed E-state index contributed by atoms with van der Waals surface area (Å²) in [6.45, 7) is 7.98. The smallest absolute Gasteiger partial charge is 0.0764 e. The fourth-order valence-electron chi connectivity index (χ4n) is 3.37. The maximum atomic E-state index is 4.56. The second-order valence-corrected chi connectivity index (χ2v) is 6.48. The molecule has 2 atom stereocenters. The molecule has 2 unspecified atom stereocenters. The minimum absolute atomic E-state index is 0.323. The zero-order chi connectivity index (χ0) is 13.5. The summed E-state index contributed by atoms with van der Waals surface area (Å²) in [6, 6.07) is 2.78. The van der Waals surface area contributed by atoms with Crippen LogP contribution in [-0.2, 0) is 13.6 Å². The zero-order valence-corrected chi connectivity index (χ0v) is 12.4. The number of rotatable bonds is 4. The molecule has 2 aliphatic rings. The van der Waals surface area contributed by atoms with Gasteiger partial charge in [0.25, 0.3) is 0 Å². The van der Waals surface area contributed by atoms with Crippen LogP contribution in [0, 0.1) is 5.92 Å². The summed E-state index contributed by atoms with van der Waals surface area (Å²) in [5.74, 6) is 0.876. The van der Waals surface area contributed by atoms with Gasteiger partial charge in [0.05, 0.1) is 5.69 Å². The molecule has 1 saturated heterocycles. The molecule has 1 aromatic heterocycles. The van der Waals surface area contributed by atoms with E-state index in [4.69, 9.17) is 0 Å². The van der Waals surface area contributed by atoms with Crippen molar-refractivity contribution in [3.8, 4) is 0 Å². The third kappa shape index (κ3) is 2.56. The van der Waals surface area contributed by atoms with Gasteiger partial charge in [0.1, 0.15) is 0 Å². The molecule has 0 spiro atoms. The molecule has 4 heteroatoms. The molecule has 1 aliphatic heterocycles. The number of aryl methyl sites for hydroxylation is 1. The molecule has 0 aromatic carbocycles. The van der Waals surface area contributed by atoms with Gasteiger partial charge in [0, 0.05) is 44.5 Å². The largest absolute Gasteiger partial charge is 0.311 e. The van der Waals surface area contributed by atoms with Crippen molar-refractivity contribution in [1.82, 2.24) is 20.0 Å². The molecule has 0 bridgehead atoms. The Balaban J connectivity index is 1.76. The lowest BCUT2D eigenvalue weighted by atomic mass is 9.89. The van der Waals surface area contributed by atoms with E-state index in [1.54, 1.807) is 0 Å². The lowest BCUT2D eigenvalue weighted by Crippen LogP contribution is -2.63. The maximum absolute atomic E-state index is 4.56. The summed E-state index contributed by atoms with van der Waals surface area (Å²) in [5, 5.41) is 8.29. The van der Waals surface area contributed by atoms with Gasteiger partial charge in [-0.05, 0) is 38.2 Å². The Labute approximate surface area is 116 Å². The third-order valence-electron chi connectivity index (χ3n) is 4.98. The van der Waals surface area contributed by atoms with Crippen LogP contribution in [0.3, 0.4) is 0 Å². The molecule has 0 radical (unpaired) electrons. The Hall–Kier alpha value is -0.870. The van der Waals surface area contributed by atoms with Crippen LogP contribution in [0.15, 0.2) is 12.3 Å². The fraction of sp³-hybridized carbons (Fsp3) is 0.800. The molecule has 4 nitrogen and oxygen atoms in total. The number of aromatic nitrogens is 2. The third-order valence-corrected chi connectivity index (χ3v) is 4.98. The second-order valence-electron chi connectivity index (χ2n) is 6.48. The van der Waals surface area contributed by atoms with Crippen LogP contribution in [0.25, 0.3) is 0 Å². The lowest BCUT2D eigenvalue weighted by Gasteiger charge is -2.48. The van der Waals surface area contributed by atoms with E-state index in [1.165, 1.54) is 25.0 Å².